The zero-order chi connectivity index (χ0) is 12.3. The summed E-state index contributed by atoms with van der Waals surface area (Å²) in [4.78, 5) is 10.6. The molecule has 0 atom stereocenters. The summed E-state index contributed by atoms with van der Waals surface area (Å²) in [7, 11) is 3.98. The summed E-state index contributed by atoms with van der Waals surface area (Å²) >= 11 is 0. The van der Waals surface area contributed by atoms with Crippen LogP contribution in [0.25, 0.3) is 11.3 Å². The van der Waals surface area contributed by atoms with E-state index in [-0.39, 0.29) is 0 Å². The molecule has 2 N–H and O–H groups in total. The molecule has 0 saturated heterocycles. The average molecular weight is 228 g/mol. The van der Waals surface area contributed by atoms with Gasteiger partial charge >= 0.3 is 0 Å². The Balaban J connectivity index is 2.49. The van der Waals surface area contributed by atoms with E-state index in [1.165, 1.54) is 0 Å². The van der Waals surface area contributed by atoms with Crippen molar-refractivity contribution in [2.24, 2.45) is 5.73 Å². The Labute approximate surface area is 101 Å². The monoisotopic (exact) mass is 228 g/mol. The molecule has 0 unspecified atom stereocenters. The third-order valence-corrected chi connectivity index (χ3v) is 2.62. The van der Waals surface area contributed by atoms with Gasteiger partial charge < -0.3 is 10.6 Å². The van der Waals surface area contributed by atoms with Crippen molar-refractivity contribution in [1.29, 1.82) is 0 Å². The molecule has 0 spiro atoms. The Kier molecular flexibility index (Phi) is 3.35. The molecule has 0 amide bonds. The Hall–Kier alpha value is -1.94. The van der Waals surface area contributed by atoms with Gasteiger partial charge in [0, 0.05) is 38.6 Å². The van der Waals surface area contributed by atoms with Gasteiger partial charge in [0.25, 0.3) is 0 Å². The lowest BCUT2D eigenvalue weighted by atomic mass is 10.1. The minimum absolute atomic E-state index is 0.482. The van der Waals surface area contributed by atoms with E-state index >= 15 is 0 Å². The Morgan fingerprint density at radius 1 is 1.29 bits per heavy atom. The molecular weight excluding hydrogens is 212 g/mol. The molecule has 0 bridgehead atoms. The van der Waals surface area contributed by atoms with Crippen molar-refractivity contribution in [2.75, 3.05) is 19.0 Å². The van der Waals surface area contributed by atoms with Crippen molar-refractivity contribution in [3.8, 4) is 11.3 Å². The summed E-state index contributed by atoms with van der Waals surface area (Å²) in [5.41, 5.74) is 9.71. The highest BCUT2D eigenvalue weighted by atomic mass is 15.1. The quantitative estimate of drug-likeness (QED) is 0.868. The summed E-state index contributed by atoms with van der Waals surface area (Å²) in [6.45, 7) is 0.482. The molecule has 0 aliphatic rings. The molecule has 2 rings (SSSR count). The van der Waals surface area contributed by atoms with Crippen molar-refractivity contribution >= 4 is 5.69 Å². The van der Waals surface area contributed by atoms with Crippen molar-refractivity contribution < 1.29 is 0 Å². The lowest BCUT2D eigenvalue weighted by Gasteiger charge is -2.13. The van der Waals surface area contributed by atoms with Gasteiger partial charge in [0.15, 0.2) is 0 Å². The normalized spacial score (nSPS) is 10.3. The van der Waals surface area contributed by atoms with Crippen LogP contribution in [0, 0.1) is 0 Å². The molecule has 17 heavy (non-hydrogen) atoms. The fourth-order valence-electron chi connectivity index (χ4n) is 1.67. The molecule has 88 valence electrons. The van der Waals surface area contributed by atoms with Crippen LogP contribution in [0.1, 0.15) is 5.56 Å². The molecule has 4 heteroatoms. The SMILES string of the molecule is CN(C)c1cncc(-c2ncccc2CN)c1. The fraction of sp³-hybridized carbons (Fsp3) is 0.231. The summed E-state index contributed by atoms with van der Waals surface area (Å²) in [5.74, 6) is 0. The molecule has 2 aromatic heterocycles. The van der Waals surface area contributed by atoms with Crippen LogP contribution in [0.15, 0.2) is 36.8 Å². The van der Waals surface area contributed by atoms with Crippen LogP contribution in [0.4, 0.5) is 5.69 Å². The van der Waals surface area contributed by atoms with Crippen LogP contribution >= 0.6 is 0 Å². The molecule has 0 aromatic carbocycles. The highest BCUT2D eigenvalue weighted by Crippen LogP contribution is 2.23. The van der Waals surface area contributed by atoms with E-state index in [4.69, 9.17) is 5.73 Å². The molecular formula is C13H16N4. The zero-order valence-electron chi connectivity index (χ0n) is 10.1. The summed E-state index contributed by atoms with van der Waals surface area (Å²) in [6.07, 6.45) is 5.42. The molecule has 4 nitrogen and oxygen atoms in total. The number of hydrogen-bond acceptors (Lipinski definition) is 4. The lowest BCUT2D eigenvalue weighted by Crippen LogP contribution is -2.09. The predicted octanol–water partition coefficient (Wildman–Crippen LogP) is 1.67. The lowest BCUT2D eigenvalue weighted by molar-refractivity contribution is 1.05. The fourth-order valence-corrected chi connectivity index (χ4v) is 1.67. The first-order chi connectivity index (χ1) is 8.22. The third kappa shape index (κ3) is 2.42. The van der Waals surface area contributed by atoms with E-state index in [9.17, 15) is 0 Å². The van der Waals surface area contributed by atoms with E-state index < -0.39 is 0 Å². The highest BCUT2D eigenvalue weighted by Gasteiger charge is 2.06. The number of rotatable bonds is 3. The molecule has 2 heterocycles. The number of aromatic nitrogens is 2. The second-order valence-electron chi connectivity index (χ2n) is 4.04. The molecule has 0 radical (unpaired) electrons. The van der Waals surface area contributed by atoms with Crippen LogP contribution < -0.4 is 10.6 Å². The van der Waals surface area contributed by atoms with Gasteiger partial charge in [-0.15, -0.1) is 0 Å². The van der Waals surface area contributed by atoms with E-state index in [1.807, 2.05) is 43.5 Å². The van der Waals surface area contributed by atoms with Crippen molar-refractivity contribution in [3.63, 3.8) is 0 Å². The van der Waals surface area contributed by atoms with Crippen molar-refractivity contribution in [2.45, 2.75) is 6.54 Å². The number of nitrogens with zero attached hydrogens (tertiary/aromatic N) is 3. The number of nitrogens with two attached hydrogens (primary N) is 1. The summed E-state index contributed by atoms with van der Waals surface area (Å²) in [6, 6.07) is 5.95. The van der Waals surface area contributed by atoms with E-state index in [0.717, 1.165) is 22.5 Å². The van der Waals surface area contributed by atoms with Crippen LogP contribution in [0.5, 0.6) is 0 Å². The first-order valence-electron chi connectivity index (χ1n) is 5.49. The summed E-state index contributed by atoms with van der Waals surface area (Å²) in [5, 5.41) is 0. The molecule has 0 aliphatic heterocycles. The first-order valence-corrected chi connectivity index (χ1v) is 5.49. The van der Waals surface area contributed by atoms with Gasteiger partial charge in [-0.25, -0.2) is 0 Å². The largest absolute Gasteiger partial charge is 0.376 e. The van der Waals surface area contributed by atoms with Gasteiger partial charge in [-0.05, 0) is 17.7 Å². The number of anilines is 1. The number of pyridine rings is 2. The summed E-state index contributed by atoms with van der Waals surface area (Å²) < 4.78 is 0. The Morgan fingerprint density at radius 2 is 2.12 bits per heavy atom. The second kappa shape index (κ2) is 4.93. The Morgan fingerprint density at radius 3 is 2.82 bits per heavy atom. The maximum atomic E-state index is 5.72. The van der Waals surface area contributed by atoms with Gasteiger partial charge in [-0.2, -0.15) is 0 Å². The van der Waals surface area contributed by atoms with Gasteiger partial charge in [0.05, 0.1) is 17.6 Å². The maximum Gasteiger partial charge on any atom is 0.0763 e. The van der Waals surface area contributed by atoms with E-state index in [0.29, 0.717) is 6.54 Å². The molecule has 0 saturated carbocycles. The van der Waals surface area contributed by atoms with Crippen LogP contribution in [0.3, 0.4) is 0 Å². The van der Waals surface area contributed by atoms with Crippen LogP contribution in [-0.2, 0) is 6.54 Å². The maximum absolute atomic E-state index is 5.72. The number of hydrogen-bond donors (Lipinski definition) is 1. The van der Waals surface area contributed by atoms with Gasteiger partial charge in [-0.3, -0.25) is 9.97 Å². The van der Waals surface area contributed by atoms with Gasteiger partial charge in [0.1, 0.15) is 0 Å². The first kappa shape index (κ1) is 11.5. The van der Waals surface area contributed by atoms with Crippen molar-refractivity contribution in [3.05, 3.63) is 42.4 Å². The van der Waals surface area contributed by atoms with Crippen LogP contribution in [0.2, 0.25) is 0 Å². The minimum atomic E-state index is 0.482. The van der Waals surface area contributed by atoms with E-state index in [1.54, 1.807) is 6.20 Å². The third-order valence-electron chi connectivity index (χ3n) is 2.62. The van der Waals surface area contributed by atoms with Crippen molar-refractivity contribution in [1.82, 2.24) is 9.97 Å². The predicted molar refractivity (Wildman–Crippen MR) is 69.7 cm³/mol. The van der Waals surface area contributed by atoms with E-state index in [2.05, 4.69) is 16.0 Å². The highest BCUT2D eigenvalue weighted by molar-refractivity contribution is 5.66. The molecule has 0 aliphatic carbocycles. The second-order valence-corrected chi connectivity index (χ2v) is 4.04. The minimum Gasteiger partial charge on any atom is -0.376 e. The topological polar surface area (TPSA) is 55.0 Å². The van der Waals surface area contributed by atoms with Gasteiger partial charge in [-0.1, -0.05) is 6.07 Å². The van der Waals surface area contributed by atoms with Crippen LogP contribution in [-0.4, -0.2) is 24.1 Å². The molecule has 0 fully saturated rings. The average Bonchev–Trinajstić information content (AvgIpc) is 2.39. The van der Waals surface area contributed by atoms with Gasteiger partial charge in [0.2, 0.25) is 0 Å². The smallest absolute Gasteiger partial charge is 0.0763 e. The standard InChI is InChI=1S/C13H16N4/c1-17(2)12-6-11(8-15-9-12)13-10(7-14)4-3-5-16-13/h3-6,8-9H,7,14H2,1-2H3. The molecule has 2 aromatic rings. The Bertz CT molecular complexity index is 508. The zero-order valence-corrected chi connectivity index (χ0v) is 10.1.